The van der Waals surface area contributed by atoms with Crippen LogP contribution in [0.15, 0.2) is 60.2 Å². The van der Waals surface area contributed by atoms with Crippen LogP contribution in [0.5, 0.6) is 11.5 Å². The molecule has 0 saturated carbocycles. The Morgan fingerprint density at radius 2 is 1.31 bits per heavy atom. The molecule has 0 amide bonds. The Morgan fingerprint density at radius 1 is 0.897 bits per heavy atom. The summed E-state index contributed by atoms with van der Waals surface area (Å²) in [7, 11) is 0. The molecule has 0 aliphatic heterocycles. The molecule has 0 bridgehead atoms. The van der Waals surface area contributed by atoms with Gasteiger partial charge in [-0.1, -0.05) is 37.3 Å². The van der Waals surface area contributed by atoms with E-state index >= 15 is 0 Å². The first-order valence-corrected chi connectivity index (χ1v) is 9.49. The van der Waals surface area contributed by atoms with Crippen LogP contribution in [0.2, 0.25) is 0 Å². The lowest BCUT2D eigenvalue weighted by atomic mass is 9.73. The number of aliphatic carboxylic acids is 1. The molecular weight excluding hydrogens is 372 g/mol. The van der Waals surface area contributed by atoms with Crippen LogP contribution < -0.4 is 9.47 Å². The molecule has 0 atom stereocenters. The monoisotopic (exact) mass is 400 g/mol. The van der Waals surface area contributed by atoms with E-state index in [0.717, 1.165) is 11.1 Å². The third kappa shape index (κ3) is 6.07. The van der Waals surface area contributed by atoms with Crippen molar-refractivity contribution in [1.82, 2.24) is 0 Å². The number of hydrogen-bond acceptors (Lipinski definition) is 5. The van der Waals surface area contributed by atoms with Crippen LogP contribution in [-0.4, -0.2) is 47.7 Å². The van der Waals surface area contributed by atoms with Crippen LogP contribution in [-0.2, 0) is 10.2 Å². The third-order valence-electron chi connectivity index (χ3n) is 4.86. The maximum Gasteiger partial charge on any atom is 0.330 e. The van der Waals surface area contributed by atoms with E-state index in [2.05, 4.69) is 6.92 Å². The SMILES string of the molecule is CC(=CCC(C)(c1ccc(OCCO)cc1)c1ccc(OCCO)cc1)C(=O)O. The van der Waals surface area contributed by atoms with Gasteiger partial charge in [0.25, 0.3) is 0 Å². The van der Waals surface area contributed by atoms with Gasteiger partial charge in [0, 0.05) is 11.0 Å². The van der Waals surface area contributed by atoms with Crippen LogP contribution in [0.4, 0.5) is 0 Å². The molecule has 2 rings (SSSR count). The summed E-state index contributed by atoms with van der Waals surface area (Å²) in [5, 5.41) is 27.0. The van der Waals surface area contributed by atoms with Crippen molar-refractivity contribution in [3.05, 3.63) is 71.3 Å². The fourth-order valence-electron chi connectivity index (χ4n) is 3.01. The molecule has 2 aromatic rings. The van der Waals surface area contributed by atoms with Crippen molar-refractivity contribution in [2.75, 3.05) is 26.4 Å². The van der Waals surface area contributed by atoms with E-state index in [1.165, 1.54) is 0 Å². The van der Waals surface area contributed by atoms with Crippen molar-refractivity contribution < 1.29 is 29.6 Å². The molecule has 0 radical (unpaired) electrons. The molecule has 3 N–H and O–H groups in total. The highest BCUT2D eigenvalue weighted by Crippen LogP contribution is 2.37. The smallest absolute Gasteiger partial charge is 0.330 e. The topological polar surface area (TPSA) is 96.2 Å². The summed E-state index contributed by atoms with van der Waals surface area (Å²) in [4.78, 5) is 11.2. The van der Waals surface area contributed by atoms with Crippen molar-refractivity contribution in [1.29, 1.82) is 0 Å². The predicted molar refractivity (Wildman–Crippen MR) is 111 cm³/mol. The van der Waals surface area contributed by atoms with E-state index in [4.69, 9.17) is 19.7 Å². The molecule has 2 aromatic carbocycles. The maximum atomic E-state index is 11.2. The predicted octanol–water partition coefficient (Wildman–Crippen LogP) is 3.16. The molecule has 156 valence electrons. The Kier molecular flexibility index (Phi) is 8.24. The van der Waals surface area contributed by atoms with E-state index < -0.39 is 11.4 Å². The number of aliphatic hydroxyl groups is 2. The summed E-state index contributed by atoms with van der Waals surface area (Å²) in [5.74, 6) is 0.387. The van der Waals surface area contributed by atoms with Crippen molar-refractivity contribution in [3.8, 4) is 11.5 Å². The number of ether oxygens (including phenoxy) is 2. The fraction of sp³-hybridized carbons (Fsp3) is 0.348. The van der Waals surface area contributed by atoms with Crippen molar-refractivity contribution in [2.45, 2.75) is 25.7 Å². The van der Waals surface area contributed by atoms with Gasteiger partial charge in [-0.3, -0.25) is 0 Å². The first-order chi connectivity index (χ1) is 13.9. The summed E-state index contributed by atoms with van der Waals surface area (Å²) < 4.78 is 10.9. The summed E-state index contributed by atoms with van der Waals surface area (Å²) in [6, 6.07) is 15.2. The van der Waals surface area contributed by atoms with Gasteiger partial charge in [-0.2, -0.15) is 0 Å². The average molecular weight is 400 g/mol. The Hall–Kier alpha value is -2.83. The highest BCUT2D eigenvalue weighted by Gasteiger charge is 2.28. The maximum absolute atomic E-state index is 11.2. The zero-order valence-corrected chi connectivity index (χ0v) is 16.8. The third-order valence-corrected chi connectivity index (χ3v) is 4.86. The van der Waals surface area contributed by atoms with Crippen LogP contribution in [0.1, 0.15) is 31.4 Å². The zero-order valence-electron chi connectivity index (χ0n) is 16.8. The van der Waals surface area contributed by atoms with Gasteiger partial charge in [0.2, 0.25) is 0 Å². The Bertz CT molecular complexity index is 757. The van der Waals surface area contributed by atoms with Gasteiger partial charge in [-0.25, -0.2) is 4.79 Å². The minimum Gasteiger partial charge on any atom is -0.491 e. The number of carboxylic acids is 1. The van der Waals surface area contributed by atoms with Gasteiger partial charge in [0.15, 0.2) is 0 Å². The second kappa shape index (κ2) is 10.6. The lowest BCUT2D eigenvalue weighted by Crippen LogP contribution is -2.23. The molecule has 6 nitrogen and oxygen atoms in total. The van der Waals surface area contributed by atoms with Crippen molar-refractivity contribution in [3.63, 3.8) is 0 Å². The molecule has 29 heavy (non-hydrogen) atoms. The van der Waals surface area contributed by atoms with Gasteiger partial charge in [-0.05, 0) is 48.7 Å². The highest BCUT2D eigenvalue weighted by atomic mass is 16.5. The van der Waals surface area contributed by atoms with Crippen LogP contribution in [0.25, 0.3) is 0 Å². The van der Waals surface area contributed by atoms with Crippen molar-refractivity contribution >= 4 is 5.97 Å². The normalized spacial score (nSPS) is 11.9. The molecule has 0 aromatic heterocycles. The molecule has 0 spiro atoms. The summed E-state index contributed by atoms with van der Waals surface area (Å²) >= 11 is 0. The molecule has 0 fully saturated rings. The second-order valence-corrected chi connectivity index (χ2v) is 6.92. The number of carbonyl (C=O) groups is 1. The molecular formula is C23H28O6. The van der Waals surface area contributed by atoms with Gasteiger partial charge in [0.1, 0.15) is 24.7 Å². The summed E-state index contributed by atoms with van der Waals surface area (Å²) in [6.45, 7) is 4.00. The number of hydrogen-bond donors (Lipinski definition) is 3. The number of allylic oxidation sites excluding steroid dienone is 1. The fourth-order valence-corrected chi connectivity index (χ4v) is 3.01. The van der Waals surface area contributed by atoms with Crippen LogP contribution >= 0.6 is 0 Å². The molecule has 0 aliphatic carbocycles. The number of rotatable bonds is 11. The van der Waals surface area contributed by atoms with E-state index in [1.807, 2.05) is 48.5 Å². The van der Waals surface area contributed by atoms with Gasteiger partial charge < -0.3 is 24.8 Å². The van der Waals surface area contributed by atoms with E-state index in [-0.39, 0.29) is 26.4 Å². The second-order valence-electron chi connectivity index (χ2n) is 6.92. The molecule has 0 saturated heterocycles. The quantitative estimate of drug-likeness (QED) is 0.502. The number of benzene rings is 2. The van der Waals surface area contributed by atoms with E-state index in [0.29, 0.717) is 23.5 Å². The first kappa shape index (κ1) is 22.5. The van der Waals surface area contributed by atoms with Gasteiger partial charge in [-0.15, -0.1) is 0 Å². The summed E-state index contributed by atoms with van der Waals surface area (Å²) in [6.07, 6.45) is 2.23. The molecule has 6 heteroatoms. The molecule has 0 heterocycles. The van der Waals surface area contributed by atoms with Crippen molar-refractivity contribution in [2.24, 2.45) is 0 Å². The average Bonchev–Trinajstić information content (AvgIpc) is 2.75. The Morgan fingerprint density at radius 3 is 1.66 bits per heavy atom. The number of aliphatic hydroxyl groups excluding tert-OH is 2. The molecule has 0 unspecified atom stereocenters. The van der Waals surface area contributed by atoms with Gasteiger partial charge >= 0.3 is 5.97 Å². The first-order valence-electron chi connectivity index (χ1n) is 9.49. The lowest BCUT2D eigenvalue weighted by molar-refractivity contribution is -0.132. The minimum absolute atomic E-state index is 0.0522. The van der Waals surface area contributed by atoms with Gasteiger partial charge in [0.05, 0.1) is 13.2 Å². The summed E-state index contributed by atoms with van der Waals surface area (Å²) in [5.41, 5.74) is 1.84. The number of carboxylic acid groups (broad SMARTS) is 1. The van der Waals surface area contributed by atoms with Crippen LogP contribution in [0.3, 0.4) is 0 Å². The highest BCUT2D eigenvalue weighted by molar-refractivity contribution is 5.85. The standard InChI is InChI=1S/C23H28O6/c1-17(22(26)27)11-12-23(2,18-3-7-20(8-4-18)28-15-13-24)19-5-9-21(10-6-19)29-16-14-25/h3-11,24-25H,12-16H2,1-2H3,(H,26,27). The van der Waals surface area contributed by atoms with E-state index in [9.17, 15) is 9.90 Å². The van der Waals surface area contributed by atoms with E-state index in [1.54, 1.807) is 13.0 Å². The zero-order chi connectivity index (χ0) is 21.3. The Balaban J connectivity index is 2.37. The van der Waals surface area contributed by atoms with Crippen LogP contribution in [0, 0.1) is 0 Å². The molecule has 0 aliphatic rings. The Labute approximate surface area is 171 Å². The largest absolute Gasteiger partial charge is 0.491 e. The lowest BCUT2D eigenvalue weighted by Gasteiger charge is -2.30. The minimum atomic E-state index is -0.937.